The fourth-order valence-corrected chi connectivity index (χ4v) is 3.73. The number of ether oxygens (including phenoxy) is 1. The summed E-state index contributed by atoms with van der Waals surface area (Å²) in [6.07, 6.45) is 3.71. The standard InChI is InChI=1S/C24H21N5O.C6H6.C2H5.K/c25-12-18-6-4-17(5-7-18)8-9-27-15-22-16-28-23-11-21(14-29-24(23)30-22)20-3-1-2-19(10-20)13-26;1-2-4-6-5-3-1;1-2;/h1,3-7,10-11,13-14,22,27-28H,8-9,15-16H2;1-6H;1H2,2H3;/q-2;;-1;+1. The Kier molecular flexibility index (Phi) is 15.3. The summed E-state index contributed by atoms with van der Waals surface area (Å²) in [4.78, 5) is 4.47. The summed E-state index contributed by atoms with van der Waals surface area (Å²) in [6, 6.07) is 32.3. The summed E-state index contributed by atoms with van der Waals surface area (Å²) >= 11 is 0. The molecule has 0 radical (unpaired) electrons. The van der Waals surface area contributed by atoms with Crippen LogP contribution in [0.25, 0.3) is 16.5 Å². The van der Waals surface area contributed by atoms with Crippen LogP contribution in [0.1, 0.15) is 23.6 Å². The molecule has 1 atom stereocenters. The zero-order valence-electron chi connectivity index (χ0n) is 22.6. The van der Waals surface area contributed by atoms with Gasteiger partial charge in [0.05, 0.1) is 23.9 Å². The van der Waals surface area contributed by atoms with Crippen molar-refractivity contribution in [2.24, 2.45) is 0 Å². The number of pyridine rings is 1. The molecule has 0 spiro atoms. The zero-order chi connectivity index (χ0) is 27.0. The van der Waals surface area contributed by atoms with Gasteiger partial charge in [-0.15, -0.1) is 24.3 Å². The van der Waals surface area contributed by atoms with Crippen molar-refractivity contribution in [3.8, 4) is 23.1 Å². The molecule has 3 aromatic carbocycles. The molecule has 0 bridgehead atoms. The molecule has 194 valence electrons. The first kappa shape index (κ1) is 32.4. The van der Waals surface area contributed by atoms with Crippen molar-refractivity contribution < 1.29 is 56.1 Å². The number of aromatic nitrogens is 1. The van der Waals surface area contributed by atoms with E-state index < -0.39 is 0 Å². The predicted molar refractivity (Wildman–Crippen MR) is 155 cm³/mol. The molecule has 1 aliphatic heterocycles. The van der Waals surface area contributed by atoms with Crippen LogP contribution in [0.2, 0.25) is 0 Å². The molecule has 4 aromatic rings. The maximum Gasteiger partial charge on any atom is 1.00 e. The molecule has 1 unspecified atom stereocenters. The van der Waals surface area contributed by atoms with Crippen molar-refractivity contribution in [1.29, 1.82) is 5.26 Å². The van der Waals surface area contributed by atoms with E-state index in [4.69, 9.17) is 10.00 Å². The van der Waals surface area contributed by atoms with Gasteiger partial charge in [-0.25, -0.2) is 4.98 Å². The first-order chi connectivity index (χ1) is 18.7. The number of nitrogens with one attached hydrogen (secondary N) is 2. The van der Waals surface area contributed by atoms with Crippen LogP contribution in [-0.2, 0) is 6.42 Å². The van der Waals surface area contributed by atoms with Gasteiger partial charge in [0.25, 0.3) is 0 Å². The molecule has 0 saturated heterocycles. The van der Waals surface area contributed by atoms with Crippen molar-refractivity contribution in [2.75, 3.05) is 25.0 Å². The van der Waals surface area contributed by atoms with Gasteiger partial charge in [-0.3, -0.25) is 6.21 Å². The van der Waals surface area contributed by atoms with E-state index in [2.05, 4.69) is 34.7 Å². The Balaban J connectivity index is 0.000000517. The third-order valence-electron chi connectivity index (χ3n) is 5.66. The molecule has 6 nitrogen and oxygen atoms in total. The Bertz CT molecular complexity index is 1280. The molecule has 1 aliphatic rings. The third kappa shape index (κ3) is 10.7. The number of rotatable bonds is 7. The van der Waals surface area contributed by atoms with Crippen LogP contribution < -0.4 is 66.8 Å². The number of nitrogens with zero attached hydrogens (tertiary/aromatic N) is 3. The number of nitriles is 1. The fraction of sp³-hybridized carbons (Fsp3) is 0.188. The van der Waals surface area contributed by atoms with Gasteiger partial charge in [0.1, 0.15) is 6.10 Å². The quantitative estimate of drug-likeness (QED) is 0.162. The second-order valence-corrected chi connectivity index (χ2v) is 8.28. The van der Waals surface area contributed by atoms with Gasteiger partial charge in [-0.05, 0) is 42.3 Å². The second kappa shape index (κ2) is 18.5. The molecule has 1 aromatic heterocycles. The molecule has 0 fully saturated rings. The Morgan fingerprint density at radius 2 is 1.79 bits per heavy atom. The maximum atomic E-state index is 9.18. The second-order valence-electron chi connectivity index (χ2n) is 8.28. The first-order valence-electron chi connectivity index (χ1n) is 12.6. The van der Waals surface area contributed by atoms with Crippen molar-refractivity contribution in [3.05, 3.63) is 126 Å². The number of anilines is 1. The van der Waals surface area contributed by atoms with Gasteiger partial charge in [0.2, 0.25) is 5.88 Å². The fourth-order valence-electron chi connectivity index (χ4n) is 3.73. The molecule has 0 amide bonds. The van der Waals surface area contributed by atoms with E-state index in [1.807, 2.05) is 78.9 Å². The van der Waals surface area contributed by atoms with E-state index in [1.165, 1.54) is 5.56 Å². The Morgan fingerprint density at radius 1 is 1.10 bits per heavy atom. The third-order valence-corrected chi connectivity index (χ3v) is 5.66. The van der Waals surface area contributed by atoms with Crippen LogP contribution in [0.5, 0.6) is 5.88 Å². The maximum absolute atomic E-state index is 9.18. The predicted octanol–water partition coefficient (Wildman–Crippen LogP) is 2.94. The Labute approximate surface area is 274 Å². The average molecular weight is 542 g/mol. The van der Waals surface area contributed by atoms with Gasteiger partial charge < -0.3 is 27.7 Å². The van der Waals surface area contributed by atoms with Crippen LogP contribution >= 0.6 is 0 Å². The summed E-state index contributed by atoms with van der Waals surface area (Å²) in [7, 11) is 0. The van der Waals surface area contributed by atoms with E-state index in [1.54, 1.807) is 19.2 Å². The molecular formula is C32H32KN5O-2. The van der Waals surface area contributed by atoms with E-state index >= 15 is 0 Å². The molecule has 0 aliphatic carbocycles. The molecule has 5 rings (SSSR count). The summed E-state index contributed by atoms with van der Waals surface area (Å²) < 4.78 is 6.03. The summed E-state index contributed by atoms with van der Waals surface area (Å²) in [5, 5.41) is 24.9. The molecule has 39 heavy (non-hydrogen) atoms. The van der Waals surface area contributed by atoms with Crippen molar-refractivity contribution in [3.63, 3.8) is 0 Å². The first-order valence-corrected chi connectivity index (χ1v) is 12.6. The normalized spacial score (nSPS) is 12.7. The summed E-state index contributed by atoms with van der Waals surface area (Å²) in [5.74, 6) is 0.598. The van der Waals surface area contributed by atoms with Gasteiger partial charge in [-0.2, -0.15) is 17.7 Å². The minimum absolute atomic E-state index is 0. The average Bonchev–Trinajstić information content (AvgIpc) is 3.01. The van der Waals surface area contributed by atoms with Crippen molar-refractivity contribution >= 4 is 11.9 Å². The van der Waals surface area contributed by atoms with Crippen molar-refractivity contribution in [1.82, 2.24) is 10.3 Å². The van der Waals surface area contributed by atoms with E-state index in [0.29, 0.717) is 23.6 Å². The monoisotopic (exact) mass is 541 g/mol. The van der Waals surface area contributed by atoms with Gasteiger partial charge >= 0.3 is 51.4 Å². The van der Waals surface area contributed by atoms with Gasteiger partial charge in [0.15, 0.2) is 0 Å². The summed E-state index contributed by atoms with van der Waals surface area (Å²) in [6.45, 7) is 7.25. The van der Waals surface area contributed by atoms with Crippen LogP contribution in [0, 0.1) is 24.3 Å². The minimum Gasteiger partial charge on any atom is -0.862 e. The van der Waals surface area contributed by atoms with Gasteiger partial charge in [-0.1, -0.05) is 54.1 Å². The van der Waals surface area contributed by atoms with E-state index in [0.717, 1.165) is 42.5 Å². The molecular weight excluding hydrogens is 509 g/mol. The topological polar surface area (TPSA) is 92.3 Å². The SMILES string of the molecule is N#Cc1ccc(CCNCC2CNc3cc(-c4cc[c-]c(C=[N-])c4)cnc3O2)cc1.[CH2-]C.[K+].c1ccccc1. The largest absolute Gasteiger partial charge is 1.00 e. The molecule has 0 saturated carbocycles. The number of fused-ring (bicyclic) bond motifs is 1. The summed E-state index contributed by atoms with van der Waals surface area (Å²) in [5.41, 5.74) is 5.27. The molecule has 2 heterocycles. The molecule has 2 N–H and O–H groups in total. The smallest absolute Gasteiger partial charge is 0.862 e. The van der Waals surface area contributed by atoms with Crippen LogP contribution in [-0.4, -0.2) is 36.9 Å². The van der Waals surface area contributed by atoms with Gasteiger partial charge in [0, 0.05) is 12.7 Å². The van der Waals surface area contributed by atoms with E-state index in [-0.39, 0.29) is 57.5 Å². The van der Waals surface area contributed by atoms with Crippen molar-refractivity contribution in [2.45, 2.75) is 19.4 Å². The zero-order valence-corrected chi connectivity index (χ0v) is 25.7. The number of benzene rings is 3. The molecule has 7 heteroatoms. The Hall–Kier alpha value is -2.83. The van der Waals surface area contributed by atoms with Crippen LogP contribution in [0.4, 0.5) is 5.69 Å². The minimum atomic E-state index is -0.00117. The van der Waals surface area contributed by atoms with E-state index in [9.17, 15) is 5.41 Å². The number of hydrogen-bond acceptors (Lipinski definition) is 5. The van der Waals surface area contributed by atoms with Crippen LogP contribution in [0.3, 0.4) is 0 Å². The Morgan fingerprint density at radius 3 is 2.44 bits per heavy atom. The number of hydrogen-bond donors (Lipinski definition) is 2. The van der Waals surface area contributed by atoms with Crippen LogP contribution in [0.15, 0.2) is 91.1 Å².